The van der Waals surface area contributed by atoms with Crippen molar-refractivity contribution < 1.29 is 9.90 Å². The Bertz CT molecular complexity index is 867. The van der Waals surface area contributed by atoms with Crippen molar-refractivity contribution in [1.82, 2.24) is 20.2 Å². The number of halogens is 1. The topological polar surface area (TPSA) is 92.9 Å². The fourth-order valence-electron chi connectivity index (χ4n) is 2.00. The van der Waals surface area contributed by atoms with Gasteiger partial charge >= 0.3 is 0 Å². The second kappa shape index (κ2) is 7.54. The summed E-state index contributed by atoms with van der Waals surface area (Å²) in [6, 6.07) is 13.4. The summed E-state index contributed by atoms with van der Waals surface area (Å²) in [5, 5.41) is 24.4. The van der Waals surface area contributed by atoms with Gasteiger partial charge < -0.3 is 10.4 Å². The van der Waals surface area contributed by atoms with Gasteiger partial charge in [-0.05, 0) is 65.9 Å². The van der Waals surface area contributed by atoms with Crippen LogP contribution in [0, 0.1) is 0 Å². The first-order valence-electron chi connectivity index (χ1n) is 7.34. The van der Waals surface area contributed by atoms with Crippen LogP contribution in [0.25, 0.3) is 5.69 Å². The van der Waals surface area contributed by atoms with Crippen LogP contribution in [0.15, 0.2) is 53.7 Å². The van der Waals surface area contributed by atoms with Crippen LogP contribution in [-0.2, 0) is 4.79 Å². The van der Waals surface area contributed by atoms with Gasteiger partial charge in [0.2, 0.25) is 11.1 Å². The summed E-state index contributed by atoms with van der Waals surface area (Å²) in [6.45, 7) is 1.77. The number of nitrogens with zero attached hydrogens (tertiary/aromatic N) is 4. The first kappa shape index (κ1) is 17.2. The number of anilines is 1. The molecular weight excluding hydrogens is 362 g/mol. The number of carbonyl (C=O) groups is 1. The van der Waals surface area contributed by atoms with E-state index in [4.69, 9.17) is 11.6 Å². The predicted octanol–water partition coefficient (Wildman–Crippen LogP) is 3.14. The van der Waals surface area contributed by atoms with Crippen molar-refractivity contribution in [2.75, 3.05) is 5.32 Å². The monoisotopic (exact) mass is 375 g/mol. The maximum atomic E-state index is 12.3. The van der Waals surface area contributed by atoms with E-state index in [1.54, 1.807) is 55.5 Å². The molecule has 0 aliphatic rings. The molecule has 1 atom stereocenters. The highest BCUT2D eigenvalue weighted by atomic mass is 35.5. The number of tetrazole rings is 1. The van der Waals surface area contributed by atoms with Crippen molar-refractivity contribution >= 4 is 35.0 Å². The minimum Gasteiger partial charge on any atom is -0.508 e. The predicted molar refractivity (Wildman–Crippen MR) is 96.2 cm³/mol. The molecule has 0 aliphatic heterocycles. The number of amides is 1. The average molecular weight is 376 g/mol. The van der Waals surface area contributed by atoms with E-state index in [0.29, 0.717) is 21.6 Å². The average Bonchev–Trinajstić information content (AvgIpc) is 3.05. The van der Waals surface area contributed by atoms with Gasteiger partial charge in [0.15, 0.2) is 0 Å². The van der Waals surface area contributed by atoms with E-state index < -0.39 is 5.25 Å². The van der Waals surface area contributed by atoms with Gasteiger partial charge in [0.05, 0.1) is 10.9 Å². The van der Waals surface area contributed by atoms with Crippen molar-refractivity contribution in [3.8, 4) is 11.4 Å². The van der Waals surface area contributed by atoms with Gasteiger partial charge in [-0.3, -0.25) is 4.79 Å². The second-order valence-corrected chi connectivity index (χ2v) is 6.89. The van der Waals surface area contributed by atoms with Crippen LogP contribution in [0.4, 0.5) is 5.69 Å². The van der Waals surface area contributed by atoms with E-state index >= 15 is 0 Å². The van der Waals surface area contributed by atoms with E-state index in [2.05, 4.69) is 20.8 Å². The Morgan fingerprint density at radius 2 is 1.88 bits per heavy atom. The molecule has 25 heavy (non-hydrogen) atoms. The number of aromatic nitrogens is 4. The number of rotatable bonds is 5. The number of aromatic hydroxyl groups is 1. The van der Waals surface area contributed by atoms with Gasteiger partial charge in [-0.1, -0.05) is 23.4 Å². The van der Waals surface area contributed by atoms with Crippen LogP contribution in [0.1, 0.15) is 6.92 Å². The molecule has 7 nitrogen and oxygen atoms in total. The number of hydrogen-bond donors (Lipinski definition) is 2. The number of benzene rings is 2. The summed E-state index contributed by atoms with van der Waals surface area (Å²) in [5.74, 6) is -0.0192. The molecular formula is C16H14ClN5O2S. The Hall–Kier alpha value is -2.58. The van der Waals surface area contributed by atoms with Crippen LogP contribution in [-0.4, -0.2) is 36.5 Å². The highest BCUT2D eigenvalue weighted by molar-refractivity contribution is 8.00. The number of hydrogen-bond acceptors (Lipinski definition) is 6. The lowest BCUT2D eigenvalue weighted by Gasteiger charge is -2.11. The number of thioether (sulfide) groups is 1. The van der Waals surface area contributed by atoms with Crippen LogP contribution in [0.2, 0.25) is 5.02 Å². The molecule has 1 heterocycles. The van der Waals surface area contributed by atoms with Gasteiger partial charge in [-0.2, -0.15) is 4.68 Å². The molecule has 2 N–H and O–H groups in total. The minimum absolute atomic E-state index is 0.154. The van der Waals surface area contributed by atoms with Crippen molar-refractivity contribution in [1.29, 1.82) is 0 Å². The second-order valence-electron chi connectivity index (χ2n) is 5.15. The summed E-state index contributed by atoms with van der Waals surface area (Å²) in [4.78, 5) is 12.3. The molecule has 0 saturated carbocycles. The summed E-state index contributed by atoms with van der Waals surface area (Å²) in [6.07, 6.45) is 0. The summed E-state index contributed by atoms with van der Waals surface area (Å²) >= 11 is 7.07. The van der Waals surface area contributed by atoms with Crippen LogP contribution < -0.4 is 5.32 Å². The van der Waals surface area contributed by atoms with Crippen molar-refractivity contribution in [2.45, 2.75) is 17.3 Å². The summed E-state index contributed by atoms with van der Waals surface area (Å²) < 4.78 is 1.51. The lowest BCUT2D eigenvalue weighted by atomic mass is 10.3. The van der Waals surface area contributed by atoms with Crippen molar-refractivity contribution in [3.05, 3.63) is 53.6 Å². The van der Waals surface area contributed by atoms with Gasteiger partial charge in [-0.15, -0.1) is 5.10 Å². The summed E-state index contributed by atoms with van der Waals surface area (Å²) in [5.41, 5.74) is 1.36. The molecule has 1 amide bonds. The van der Waals surface area contributed by atoms with Gasteiger partial charge in [0.1, 0.15) is 5.75 Å². The molecule has 0 aliphatic carbocycles. The quantitative estimate of drug-likeness (QED) is 0.665. The third-order valence-corrected chi connectivity index (χ3v) is 4.58. The highest BCUT2D eigenvalue weighted by Gasteiger charge is 2.19. The molecule has 1 aromatic heterocycles. The zero-order valence-electron chi connectivity index (χ0n) is 13.1. The van der Waals surface area contributed by atoms with Crippen LogP contribution in [0.3, 0.4) is 0 Å². The number of phenols is 1. The maximum absolute atomic E-state index is 12.3. The van der Waals surface area contributed by atoms with Crippen LogP contribution >= 0.6 is 23.4 Å². The van der Waals surface area contributed by atoms with Gasteiger partial charge in [0, 0.05) is 10.7 Å². The normalized spacial score (nSPS) is 11.9. The first-order chi connectivity index (χ1) is 12.0. The van der Waals surface area contributed by atoms with Gasteiger partial charge in [-0.25, -0.2) is 0 Å². The molecule has 0 saturated heterocycles. The molecule has 0 bridgehead atoms. The Labute approximate surface area is 153 Å². The third-order valence-electron chi connectivity index (χ3n) is 3.30. The zero-order valence-corrected chi connectivity index (χ0v) is 14.7. The SMILES string of the molecule is C[C@H](Sc1nnnn1-c1ccc(O)cc1)C(=O)Nc1ccc(Cl)cc1. The number of phenolic OH excluding ortho intramolecular Hbond substituents is 1. The number of carbonyl (C=O) groups excluding carboxylic acids is 1. The van der Waals surface area contributed by atoms with E-state index in [9.17, 15) is 9.90 Å². The smallest absolute Gasteiger partial charge is 0.237 e. The molecule has 0 fully saturated rings. The number of nitrogens with one attached hydrogen (secondary N) is 1. The molecule has 0 spiro atoms. The minimum atomic E-state index is -0.419. The molecule has 128 valence electrons. The maximum Gasteiger partial charge on any atom is 0.237 e. The molecule has 0 unspecified atom stereocenters. The van der Waals surface area contributed by atoms with E-state index in [-0.39, 0.29) is 11.7 Å². The fourth-order valence-corrected chi connectivity index (χ4v) is 2.93. The zero-order chi connectivity index (χ0) is 17.8. The standard InChI is InChI=1S/C16H14ClN5O2S/c1-10(15(24)18-12-4-2-11(17)3-5-12)25-16-19-20-21-22(16)13-6-8-14(23)9-7-13/h2-10,23H,1H3,(H,18,24)/t10-/m0/s1. The van der Waals surface area contributed by atoms with Crippen molar-refractivity contribution in [3.63, 3.8) is 0 Å². The Balaban J connectivity index is 1.70. The van der Waals surface area contributed by atoms with E-state index in [0.717, 1.165) is 0 Å². The molecule has 3 rings (SSSR count). The highest BCUT2D eigenvalue weighted by Crippen LogP contribution is 2.24. The van der Waals surface area contributed by atoms with Gasteiger partial charge in [0.25, 0.3) is 0 Å². The molecule has 3 aromatic rings. The Kier molecular flexibility index (Phi) is 5.20. The van der Waals surface area contributed by atoms with Crippen LogP contribution in [0.5, 0.6) is 5.75 Å². The largest absolute Gasteiger partial charge is 0.508 e. The lowest BCUT2D eigenvalue weighted by Crippen LogP contribution is -2.22. The van der Waals surface area contributed by atoms with E-state index in [1.165, 1.54) is 16.4 Å². The van der Waals surface area contributed by atoms with Crippen molar-refractivity contribution in [2.24, 2.45) is 0 Å². The molecule has 0 radical (unpaired) electrons. The Morgan fingerprint density at radius 1 is 1.20 bits per heavy atom. The molecule has 2 aromatic carbocycles. The fraction of sp³-hybridized carbons (Fsp3) is 0.125. The lowest BCUT2D eigenvalue weighted by molar-refractivity contribution is -0.115. The first-order valence-corrected chi connectivity index (χ1v) is 8.59. The third kappa shape index (κ3) is 4.28. The summed E-state index contributed by atoms with van der Waals surface area (Å²) in [7, 11) is 0. The molecule has 9 heteroatoms. The van der Waals surface area contributed by atoms with E-state index in [1.807, 2.05) is 0 Å². The Morgan fingerprint density at radius 3 is 2.56 bits per heavy atom.